The highest BCUT2D eigenvalue weighted by Gasteiger charge is 2.24. The SMILES string of the molecule is O=C(Cc1ccc2c(c1)CCC2)N1CCOC(CCc2ccncn2)C1. The average molecular weight is 351 g/mol. The molecule has 26 heavy (non-hydrogen) atoms. The Labute approximate surface area is 154 Å². The summed E-state index contributed by atoms with van der Waals surface area (Å²) in [7, 11) is 0. The highest BCUT2D eigenvalue weighted by molar-refractivity contribution is 5.79. The van der Waals surface area contributed by atoms with Crippen molar-refractivity contribution < 1.29 is 9.53 Å². The molecule has 1 atom stereocenters. The lowest BCUT2D eigenvalue weighted by Crippen LogP contribution is -2.46. The van der Waals surface area contributed by atoms with E-state index in [1.807, 2.05) is 11.0 Å². The molecule has 4 rings (SSSR count). The lowest BCUT2D eigenvalue weighted by Gasteiger charge is -2.33. The molecule has 2 aliphatic rings. The largest absolute Gasteiger partial charge is 0.375 e. The Morgan fingerprint density at radius 2 is 2.15 bits per heavy atom. The lowest BCUT2D eigenvalue weighted by atomic mass is 10.0. The van der Waals surface area contributed by atoms with Crippen LogP contribution in [0.1, 0.15) is 35.2 Å². The van der Waals surface area contributed by atoms with Crippen molar-refractivity contribution in [2.75, 3.05) is 19.7 Å². The van der Waals surface area contributed by atoms with Crippen LogP contribution in [0.15, 0.2) is 36.8 Å². The van der Waals surface area contributed by atoms with Crippen LogP contribution in [-0.4, -0.2) is 46.6 Å². The first-order chi connectivity index (χ1) is 12.8. The fourth-order valence-electron chi connectivity index (χ4n) is 3.92. The van der Waals surface area contributed by atoms with Crippen molar-refractivity contribution in [3.05, 3.63) is 59.2 Å². The number of carbonyl (C=O) groups excluding carboxylic acids is 1. The number of nitrogens with zero attached hydrogens (tertiary/aromatic N) is 3. The van der Waals surface area contributed by atoms with Crippen molar-refractivity contribution in [1.29, 1.82) is 0 Å². The molecule has 1 aromatic heterocycles. The fraction of sp³-hybridized carbons (Fsp3) is 0.476. The standard InChI is InChI=1S/C21H25N3O2/c25-21(13-16-4-5-17-2-1-3-18(17)12-16)24-10-11-26-20(14-24)7-6-19-8-9-22-15-23-19/h4-5,8-9,12,15,20H,1-3,6-7,10-11,13-14H2. The van der Waals surface area contributed by atoms with Crippen molar-refractivity contribution in [3.63, 3.8) is 0 Å². The van der Waals surface area contributed by atoms with Gasteiger partial charge in [-0.05, 0) is 54.9 Å². The van der Waals surface area contributed by atoms with Gasteiger partial charge in [-0.1, -0.05) is 18.2 Å². The van der Waals surface area contributed by atoms with E-state index in [2.05, 4.69) is 28.2 Å². The van der Waals surface area contributed by atoms with Gasteiger partial charge in [0.05, 0.1) is 19.1 Å². The molecule has 1 aliphatic heterocycles. The number of fused-ring (bicyclic) bond motifs is 1. The third kappa shape index (κ3) is 4.10. The van der Waals surface area contributed by atoms with Gasteiger partial charge in [0.25, 0.3) is 0 Å². The van der Waals surface area contributed by atoms with Crippen LogP contribution in [0.25, 0.3) is 0 Å². The summed E-state index contributed by atoms with van der Waals surface area (Å²) in [4.78, 5) is 22.9. The molecule has 0 radical (unpaired) electrons. The van der Waals surface area contributed by atoms with Crippen LogP contribution in [0.2, 0.25) is 0 Å². The van der Waals surface area contributed by atoms with Crippen molar-refractivity contribution in [2.45, 2.75) is 44.6 Å². The molecule has 5 nitrogen and oxygen atoms in total. The summed E-state index contributed by atoms with van der Waals surface area (Å²) >= 11 is 0. The first kappa shape index (κ1) is 17.2. The molecule has 136 valence electrons. The maximum atomic E-state index is 12.7. The number of rotatable bonds is 5. The number of benzene rings is 1. The average Bonchev–Trinajstić information content (AvgIpc) is 3.15. The van der Waals surface area contributed by atoms with Gasteiger partial charge in [0.2, 0.25) is 5.91 Å². The van der Waals surface area contributed by atoms with E-state index in [-0.39, 0.29) is 12.0 Å². The Hall–Kier alpha value is -2.27. The van der Waals surface area contributed by atoms with E-state index in [0.29, 0.717) is 26.1 Å². The zero-order valence-electron chi connectivity index (χ0n) is 15.1. The molecule has 2 aromatic rings. The van der Waals surface area contributed by atoms with Crippen molar-refractivity contribution in [3.8, 4) is 0 Å². The predicted molar refractivity (Wildman–Crippen MR) is 98.8 cm³/mol. The van der Waals surface area contributed by atoms with E-state index in [1.54, 1.807) is 12.5 Å². The summed E-state index contributed by atoms with van der Waals surface area (Å²) < 4.78 is 5.85. The van der Waals surface area contributed by atoms with Crippen LogP contribution < -0.4 is 0 Å². The van der Waals surface area contributed by atoms with E-state index in [1.165, 1.54) is 24.0 Å². The Morgan fingerprint density at radius 3 is 3.04 bits per heavy atom. The Bertz CT molecular complexity index is 763. The van der Waals surface area contributed by atoms with E-state index < -0.39 is 0 Å². The minimum absolute atomic E-state index is 0.0858. The van der Waals surface area contributed by atoms with E-state index in [9.17, 15) is 4.79 Å². The summed E-state index contributed by atoms with van der Waals surface area (Å²) in [5.41, 5.74) is 5.04. The molecule has 5 heteroatoms. The number of aryl methyl sites for hydroxylation is 3. The second kappa shape index (κ2) is 7.96. The molecule has 1 aliphatic carbocycles. The third-order valence-corrected chi connectivity index (χ3v) is 5.38. The minimum Gasteiger partial charge on any atom is -0.375 e. The normalized spacial score (nSPS) is 19.4. The molecular weight excluding hydrogens is 326 g/mol. The number of carbonyl (C=O) groups is 1. The van der Waals surface area contributed by atoms with Crippen LogP contribution in [0.4, 0.5) is 0 Å². The molecule has 1 unspecified atom stereocenters. The smallest absolute Gasteiger partial charge is 0.227 e. The summed E-state index contributed by atoms with van der Waals surface area (Å²) in [6.45, 7) is 1.98. The second-order valence-corrected chi connectivity index (χ2v) is 7.21. The molecule has 0 N–H and O–H groups in total. The maximum Gasteiger partial charge on any atom is 0.227 e. The van der Waals surface area contributed by atoms with Gasteiger partial charge in [0.15, 0.2) is 0 Å². The molecule has 0 spiro atoms. The molecule has 1 amide bonds. The van der Waals surface area contributed by atoms with Crippen molar-refractivity contribution in [1.82, 2.24) is 14.9 Å². The second-order valence-electron chi connectivity index (χ2n) is 7.21. The monoisotopic (exact) mass is 351 g/mol. The van der Waals surface area contributed by atoms with Gasteiger partial charge in [-0.2, -0.15) is 0 Å². The van der Waals surface area contributed by atoms with E-state index >= 15 is 0 Å². The van der Waals surface area contributed by atoms with Gasteiger partial charge >= 0.3 is 0 Å². The summed E-state index contributed by atoms with van der Waals surface area (Å²) in [6.07, 6.45) is 9.21. The van der Waals surface area contributed by atoms with Gasteiger partial charge in [-0.3, -0.25) is 4.79 Å². The van der Waals surface area contributed by atoms with Crippen molar-refractivity contribution >= 4 is 5.91 Å². The van der Waals surface area contributed by atoms with Crippen LogP contribution in [0.3, 0.4) is 0 Å². The van der Waals surface area contributed by atoms with Crippen LogP contribution in [0, 0.1) is 0 Å². The quantitative estimate of drug-likeness (QED) is 0.830. The number of ether oxygens (including phenoxy) is 1. The number of aromatic nitrogens is 2. The molecule has 1 fully saturated rings. The maximum absolute atomic E-state index is 12.7. The van der Waals surface area contributed by atoms with E-state index in [4.69, 9.17) is 4.74 Å². The molecule has 0 bridgehead atoms. The summed E-state index contributed by atoms with van der Waals surface area (Å²) in [5.74, 6) is 0.207. The highest BCUT2D eigenvalue weighted by atomic mass is 16.5. The number of amides is 1. The summed E-state index contributed by atoms with van der Waals surface area (Å²) in [6, 6.07) is 8.48. The molecule has 1 saturated heterocycles. The molecule has 1 aromatic carbocycles. The van der Waals surface area contributed by atoms with Gasteiger partial charge in [0.1, 0.15) is 6.33 Å². The van der Waals surface area contributed by atoms with Crippen molar-refractivity contribution in [2.24, 2.45) is 0 Å². The topological polar surface area (TPSA) is 55.3 Å². The predicted octanol–water partition coefficient (Wildman–Crippen LogP) is 2.37. The fourth-order valence-corrected chi connectivity index (χ4v) is 3.92. The molecular formula is C21H25N3O2. The van der Waals surface area contributed by atoms with Crippen LogP contribution >= 0.6 is 0 Å². The van der Waals surface area contributed by atoms with Gasteiger partial charge < -0.3 is 9.64 Å². The Kier molecular flexibility index (Phi) is 5.25. The van der Waals surface area contributed by atoms with Gasteiger partial charge in [-0.25, -0.2) is 9.97 Å². The highest BCUT2D eigenvalue weighted by Crippen LogP contribution is 2.23. The van der Waals surface area contributed by atoms with Gasteiger partial charge in [-0.15, -0.1) is 0 Å². The summed E-state index contributed by atoms with van der Waals surface area (Å²) in [5, 5.41) is 0. The number of hydrogen-bond donors (Lipinski definition) is 0. The van der Waals surface area contributed by atoms with Gasteiger partial charge in [0, 0.05) is 25.0 Å². The minimum atomic E-state index is 0.0858. The first-order valence-corrected chi connectivity index (χ1v) is 9.53. The third-order valence-electron chi connectivity index (χ3n) is 5.38. The molecule has 2 heterocycles. The molecule has 0 saturated carbocycles. The number of morpholine rings is 1. The Balaban J connectivity index is 1.31. The first-order valence-electron chi connectivity index (χ1n) is 9.53. The number of hydrogen-bond acceptors (Lipinski definition) is 4. The Morgan fingerprint density at radius 1 is 1.23 bits per heavy atom. The zero-order chi connectivity index (χ0) is 17.8. The lowest BCUT2D eigenvalue weighted by molar-refractivity contribution is -0.138. The van der Waals surface area contributed by atoms with Crippen LogP contribution in [0.5, 0.6) is 0 Å². The van der Waals surface area contributed by atoms with Crippen LogP contribution in [-0.2, 0) is 35.2 Å². The van der Waals surface area contributed by atoms with E-state index in [0.717, 1.165) is 30.5 Å². The zero-order valence-corrected chi connectivity index (χ0v) is 15.1.